The van der Waals surface area contributed by atoms with Crippen LogP contribution >= 0.6 is 0 Å². The van der Waals surface area contributed by atoms with Gasteiger partial charge in [-0.2, -0.15) is 0 Å². The molecule has 0 amide bonds. The van der Waals surface area contributed by atoms with Crippen LogP contribution in [0.5, 0.6) is 11.5 Å². The molecule has 0 bridgehead atoms. The van der Waals surface area contributed by atoms with Crippen molar-refractivity contribution in [1.82, 2.24) is 0 Å². The van der Waals surface area contributed by atoms with Crippen molar-refractivity contribution >= 4 is 0 Å². The van der Waals surface area contributed by atoms with E-state index in [-0.39, 0.29) is 5.41 Å². The topological polar surface area (TPSA) is 18.5 Å². The van der Waals surface area contributed by atoms with Crippen molar-refractivity contribution in [1.29, 1.82) is 0 Å². The van der Waals surface area contributed by atoms with Crippen molar-refractivity contribution in [2.24, 2.45) is 0 Å². The van der Waals surface area contributed by atoms with Crippen LogP contribution in [0.15, 0.2) is 60.7 Å². The van der Waals surface area contributed by atoms with Crippen LogP contribution < -0.4 is 9.47 Å². The molecule has 0 heterocycles. The molecule has 1 fully saturated rings. The van der Waals surface area contributed by atoms with Crippen molar-refractivity contribution < 1.29 is 9.47 Å². The molecule has 3 rings (SSSR count). The van der Waals surface area contributed by atoms with E-state index in [1.165, 1.54) is 29.5 Å². The Morgan fingerprint density at radius 3 is 1.65 bits per heavy atom. The number of hydrogen-bond donors (Lipinski definition) is 0. The molecule has 120 valence electrons. The molecule has 0 unspecified atom stereocenters. The zero-order valence-electron chi connectivity index (χ0n) is 14.0. The van der Waals surface area contributed by atoms with Crippen LogP contribution in [0.2, 0.25) is 0 Å². The van der Waals surface area contributed by atoms with E-state index in [9.17, 15) is 0 Å². The van der Waals surface area contributed by atoms with Gasteiger partial charge in [-0.1, -0.05) is 42.8 Å². The maximum atomic E-state index is 5.31. The van der Waals surface area contributed by atoms with Gasteiger partial charge in [-0.3, -0.25) is 0 Å². The van der Waals surface area contributed by atoms with E-state index in [0.29, 0.717) is 0 Å². The van der Waals surface area contributed by atoms with Crippen molar-refractivity contribution in [3.05, 3.63) is 71.8 Å². The fourth-order valence-electron chi connectivity index (χ4n) is 3.73. The number of rotatable bonds is 4. The summed E-state index contributed by atoms with van der Waals surface area (Å²) in [5, 5.41) is 0. The lowest BCUT2D eigenvalue weighted by Crippen LogP contribution is -2.32. The number of ether oxygens (including phenoxy) is 2. The van der Waals surface area contributed by atoms with Gasteiger partial charge in [-0.05, 0) is 54.7 Å². The first-order chi connectivity index (χ1) is 11.2. The molecule has 0 radical (unpaired) electrons. The Morgan fingerprint density at radius 1 is 0.783 bits per heavy atom. The van der Waals surface area contributed by atoms with Gasteiger partial charge in [0.1, 0.15) is 11.5 Å². The quantitative estimate of drug-likeness (QED) is 0.730. The highest BCUT2D eigenvalue weighted by molar-refractivity contribution is 5.50. The van der Waals surface area contributed by atoms with E-state index < -0.39 is 0 Å². The van der Waals surface area contributed by atoms with E-state index in [0.717, 1.165) is 24.3 Å². The molecule has 1 saturated carbocycles. The van der Waals surface area contributed by atoms with Crippen molar-refractivity contribution in [3.8, 4) is 11.5 Å². The minimum Gasteiger partial charge on any atom is -0.497 e. The molecule has 0 spiro atoms. The molecule has 2 heteroatoms. The summed E-state index contributed by atoms with van der Waals surface area (Å²) < 4.78 is 10.6. The molecule has 0 atom stereocenters. The second kappa shape index (κ2) is 6.49. The van der Waals surface area contributed by atoms with Gasteiger partial charge in [0.05, 0.1) is 14.2 Å². The van der Waals surface area contributed by atoms with Crippen LogP contribution in [-0.4, -0.2) is 14.2 Å². The normalized spacial score (nSPS) is 16.9. The van der Waals surface area contributed by atoms with Crippen LogP contribution in [0.25, 0.3) is 0 Å². The van der Waals surface area contributed by atoms with E-state index in [1.54, 1.807) is 14.2 Å². The number of hydrogen-bond acceptors (Lipinski definition) is 2. The largest absolute Gasteiger partial charge is 0.497 e. The third-order valence-corrected chi connectivity index (χ3v) is 5.05. The summed E-state index contributed by atoms with van der Waals surface area (Å²) in [4.78, 5) is 0. The molecule has 23 heavy (non-hydrogen) atoms. The van der Waals surface area contributed by atoms with Crippen LogP contribution in [0.4, 0.5) is 0 Å². The lowest BCUT2D eigenvalue weighted by Gasteiger charge is -2.40. The fourth-order valence-corrected chi connectivity index (χ4v) is 3.73. The molecule has 2 aromatic carbocycles. The van der Waals surface area contributed by atoms with Gasteiger partial charge in [0.15, 0.2) is 0 Å². The Kier molecular flexibility index (Phi) is 4.42. The summed E-state index contributed by atoms with van der Waals surface area (Å²) in [5.41, 5.74) is 3.80. The fraction of sp³-hybridized carbons (Fsp3) is 0.333. The highest BCUT2D eigenvalue weighted by Crippen LogP contribution is 2.48. The summed E-state index contributed by atoms with van der Waals surface area (Å²) in [6.07, 6.45) is 4.63. The second-order valence-electron chi connectivity index (χ2n) is 6.17. The van der Waals surface area contributed by atoms with E-state index in [4.69, 9.17) is 9.47 Å². The average Bonchev–Trinajstić information content (AvgIpc) is 2.62. The molecule has 0 saturated heterocycles. The third-order valence-electron chi connectivity index (χ3n) is 5.05. The summed E-state index contributed by atoms with van der Waals surface area (Å²) in [7, 11) is 3.40. The summed E-state index contributed by atoms with van der Waals surface area (Å²) in [5.74, 6) is 1.78. The smallest absolute Gasteiger partial charge is 0.118 e. The number of allylic oxidation sites excluding steroid dienone is 1. The zero-order valence-corrected chi connectivity index (χ0v) is 14.0. The van der Waals surface area contributed by atoms with Crippen LogP contribution in [0.1, 0.15) is 36.8 Å². The van der Waals surface area contributed by atoms with Crippen molar-refractivity contribution in [2.75, 3.05) is 14.2 Å². The molecule has 0 aliphatic heterocycles. The minimum absolute atomic E-state index is 0.100. The Labute approximate surface area is 138 Å². The van der Waals surface area contributed by atoms with Crippen LogP contribution in [0, 0.1) is 0 Å². The summed E-state index contributed by atoms with van der Waals surface area (Å²) >= 11 is 0. The maximum Gasteiger partial charge on any atom is 0.118 e. The van der Waals surface area contributed by atoms with Gasteiger partial charge in [-0.15, -0.1) is 0 Å². The summed E-state index contributed by atoms with van der Waals surface area (Å²) in [6.45, 7) is 4.44. The van der Waals surface area contributed by atoms with Crippen molar-refractivity contribution in [3.63, 3.8) is 0 Å². The molecule has 2 nitrogen and oxygen atoms in total. The highest BCUT2D eigenvalue weighted by Gasteiger charge is 2.38. The van der Waals surface area contributed by atoms with E-state index in [1.807, 2.05) is 24.3 Å². The maximum absolute atomic E-state index is 5.31. The molecule has 1 aliphatic carbocycles. The molecule has 0 N–H and O–H groups in total. The monoisotopic (exact) mass is 308 g/mol. The molecular formula is C21H24O2. The van der Waals surface area contributed by atoms with Gasteiger partial charge in [0, 0.05) is 5.41 Å². The van der Waals surface area contributed by atoms with Gasteiger partial charge >= 0.3 is 0 Å². The van der Waals surface area contributed by atoms with Crippen LogP contribution in [-0.2, 0) is 5.41 Å². The number of benzene rings is 2. The van der Waals surface area contributed by atoms with Gasteiger partial charge < -0.3 is 9.47 Å². The first kappa shape index (κ1) is 15.7. The standard InChI is InChI=1S/C21H24O2/c1-16-6-4-5-15-21(16,17-7-11-19(22-2)12-8-17)18-9-13-20(23-3)14-10-18/h7-14H,1,4-6,15H2,2-3H3. The Hall–Kier alpha value is -2.22. The molecule has 0 aromatic heterocycles. The van der Waals surface area contributed by atoms with E-state index >= 15 is 0 Å². The van der Waals surface area contributed by atoms with E-state index in [2.05, 4.69) is 30.8 Å². The predicted octanol–water partition coefficient (Wildman–Crippen LogP) is 5.12. The van der Waals surface area contributed by atoms with Gasteiger partial charge in [-0.25, -0.2) is 0 Å². The highest BCUT2D eigenvalue weighted by atomic mass is 16.5. The first-order valence-electron chi connectivity index (χ1n) is 8.18. The Bertz CT molecular complexity index is 620. The van der Waals surface area contributed by atoms with Crippen molar-refractivity contribution in [2.45, 2.75) is 31.1 Å². The minimum atomic E-state index is -0.100. The van der Waals surface area contributed by atoms with Gasteiger partial charge in [0.25, 0.3) is 0 Å². The zero-order chi connectivity index (χ0) is 16.3. The third kappa shape index (κ3) is 2.74. The predicted molar refractivity (Wildman–Crippen MR) is 94.4 cm³/mol. The lowest BCUT2D eigenvalue weighted by molar-refractivity contribution is 0.410. The molecule has 2 aromatic rings. The first-order valence-corrected chi connectivity index (χ1v) is 8.18. The lowest BCUT2D eigenvalue weighted by atomic mass is 9.63. The SMILES string of the molecule is C=C1CCCCC1(c1ccc(OC)cc1)c1ccc(OC)cc1. The molecular weight excluding hydrogens is 284 g/mol. The average molecular weight is 308 g/mol. The molecule has 1 aliphatic rings. The second-order valence-corrected chi connectivity index (χ2v) is 6.17. The Balaban J connectivity index is 2.10. The Morgan fingerprint density at radius 2 is 1.26 bits per heavy atom. The van der Waals surface area contributed by atoms with Crippen LogP contribution in [0.3, 0.4) is 0 Å². The summed E-state index contributed by atoms with van der Waals surface area (Å²) in [6, 6.07) is 16.9. The number of methoxy groups -OCH3 is 2. The van der Waals surface area contributed by atoms with Gasteiger partial charge in [0.2, 0.25) is 0 Å².